The van der Waals surface area contributed by atoms with Crippen molar-refractivity contribution in [2.24, 2.45) is 0 Å². The fraction of sp³-hybridized carbons (Fsp3) is 0.474. The topological polar surface area (TPSA) is 46.9 Å². The van der Waals surface area contributed by atoms with Gasteiger partial charge in [0.1, 0.15) is 5.69 Å². The molecule has 1 heterocycles. The highest BCUT2D eigenvalue weighted by atomic mass is 19.4. The molecule has 1 aromatic carbocycles. The first-order chi connectivity index (χ1) is 19.2. The molecular formula is C19H6F21N3O. The van der Waals surface area contributed by atoms with E-state index in [-0.39, 0.29) is 24.3 Å². The highest BCUT2D eigenvalue weighted by Crippen LogP contribution is 2.62. The zero-order valence-corrected chi connectivity index (χ0v) is 19.6. The summed E-state index contributed by atoms with van der Waals surface area (Å²) in [6.07, 6.45) is -18.8. The molecule has 0 bridgehead atoms. The van der Waals surface area contributed by atoms with E-state index in [4.69, 9.17) is 0 Å². The molecule has 4 nitrogen and oxygen atoms in total. The van der Waals surface area contributed by atoms with Crippen LogP contribution in [0.25, 0.3) is 5.69 Å². The second-order valence-electron chi connectivity index (χ2n) is 8.27. The fourth-order valence-electron chi connectivity index (χ4n) is 2.92. The summed E-state index contributed by atoms with van der Waals surface area (Å²) in [6.45, 7) is 0. The van der Waals surface area contributed by atoms with Gasteiger partial charge in [-0.1, -0.05) is 0 Å². The molecule has 0 unspecified atom stereocenters. The second-order valence-corrected chi connectivity index (χ2v) is 8.27. The molecule has 0 fully saturated rings. The Labute approximate surface area is 226 Å². The maximum Gasteiger partial charge on any atom is 0.460 e. The van der Waals surface area contributed by atoms with E-state index in [1.165, 1.54) is 0 Å². The van der Waals surface area contributed by atoms with Crippen molar-refractivity contribution in [2.75, 3.05) is 5.32 Å². The van der Waals surface area contributed by atoms with E-state index in [9.17, 15) is 97.0 Å². The minimum absolute atomic E-state index is 0.0985. The van der Waals surface area contributed by atoms with Gasteiger partial charge in [0.2, 0.25) is 0 Å². The lowest BCUT2D eigenvalue weighted by atomic mass is 9.91. The molecule has 1 aromatic heterocycles. The molecular weight excluding hydrogens is 685 g/mol. The molecule has 0 aliphatic carbocycles. The lowest BCUT2D eigenvalue weighted by molar-refractivity contribution is -0.449. The zero-order chi connectivity index (χ0) is 34.9. The molecule has 1 amide bonds. The minimum Gasteiger partial charge on any atom is -0.321 e. The molecule has 2 aromatic rings. The number of hydrogen-bond donors (Lipinski definition) is 1. The predicted molar refractivity (Wildman–Crippen MR) is 97.9 cm³/mol. The zero-order valence-electron chi connectivity index (χ0n) is 19.6. The predicted octanol–water partition coefficient (Wildman–Crippen LogP) is 8.22. The Morgan fingerprint density at radius 3 is 1.36 bits per heavy atom. The second kappa shape index (κ2) is 10.2. The van der Waals surface area contributed by atoms with E-state index in [1.54, 1.807) is 0 Å². The summed E-state index contributed by atoms with van der Waals surface area (Å²) in [5.41, 5.74) is -6.62. The largest absolute Gasteiger partial charge is 0.460 e. The number of nitrogens with one attached hydrogen (secondary N) is 1. The molecule has 25 heteroatoms. The van der Waals surface area contributed by atoms with Gasteiger partial charge in [-0.05, 0) is 24.3 Å². The minimum atomic E-state index is -8.65. The van der Waals surface area contributed by atoms with Crippen molar-refractivity contribution >= 4 is 11.6 Å². The summed E-state index contributed by atoms with van der Waals surface area (Å²) >= 11 is 0. The number of alkyl halides is 21. The van der Waals surface area contributed by atoms with E-state index < -0.39 is 93.5 Å². The molecule has 0 atom stereocenters. The Bertz CT molecular complexity index is 1360. The third-order valence-electron chi connectivity index (χ3n) is 5.27. The average Bonchev–Trinajstić information content (AvgIpc) is 3.30. The van der Waals surface area contributed by atoms with Gasteiger partial charge in [0.25, 0.3) is 0 Å². The van der Waals surface area contributed by atoms with Crippen molar-refractivity contribution in [2.45, 2.75) is 54.1 Å². The third kappa shape index (κ3) is 5.56. The number of benzene rings is 1. The molecule has 0 spiro atoms. The summed E-state index contributed by atoms with van der Waals surface area (Å²) in [7, 11) is 0. The Morgan fingerprint density at radius 2 is 0.977 bits per heavy atom. The molecule has 250 valence electrons. The maximum absolute atomic E-state index is 14.0. The Morgan fingerprint density at radius 1 is 0.568 bits per heavy atom. The number of nitrogens with zero attached hydrogens (tertiary/aromatic N) is 2. The number of anilines is 1. The monoisotopic (exact) mass is 691 g/mol. The van der Waals surface area contributed by atoms with Gasteiger partial charge >= 0.3 is 60.0 Å². The first-order valence-corrected chi connectivity index (χ1v) is 10.2. The molecule has 0 radical (unpaired) electrons. The van der Waals surface area contributed by atoms with Gasteiger partial charge in [0.15, 0.2) is 5.69 Å². The van der Waals surface area contributed by atoms with Crippen LogP contribution in [0.4, 0.5) is 97.9 Å². The SMILES string of the molecule is O=C(Nc1ccc(-n2nc(C(F)(F)F)cc2C(F)(F)F)cc1)C(F)(F)C(F)(F)C(F)(F)C(F)(F)C(F)(F)C(F)(F)C(F)(F)F. The quantitative estimate of drug-likeness (QED) is 0.284. The van der Waals surface area contributed by atoms with Crippen molar-refractivity contribution < 1.29 is 97.0 Å². The molecule has 2 rings (SSSR count). The van der Waals surface area contributed by atoms with Crippen LogP contribution in [0, 0.1) is 0 Å². The summed E-state index contributed by atoms with van der Waals surface area (Å²) in [5.74, 6) is -53.3. The first-order valence-electron chi connectivity index (χ1n) is 10.2. The third-order valence-corrected chi connectivity index (χ3v) is 5.27. The lowest BCUT2D eigenvalue weighted by Crippen LogP contribution is -2.73. The fourth-order valence-corrected chi connectivity index (χ4v) is 2.92. The number of halogens is 21. The van der Waals surface area contributed by atoms with Crippen LogP contribution in [-0.4, -0.2) is 57.4 Å². The van der Waals surface area contributed by atoms with Gasteiger partial charge < -0.3 is 5.32 Å². The van der Waals surface area contributed by atoms with Crippen molar-refractivity contribution in [1.29, 1.82) is 0 Å². The Kier molecular flexibility index (Phi) is 8.52. The van der Waals surface area contributed by atoms with E-state index in [2.05, 4.69) is 5.10 Å². The standard InChI is InChI=1S/C19H6F21N3O/c20-11(21,14(28,29)15(30,31)16(32,33)17(34,35)18(36,37)19(38,39)40)10(44)41-6-1-3-7(4-2-6)43-9(13(25,26)27)5-8(42-43)12(22,23)24/h1-5H,(H,41,44). The van der Waals surface area contributed by atoms with Crippen LogP contribution in [0.5, 0.6) is 0 Å². The normalized spacial score (nSPS) is 15.0. The van der Waals surface area contributed by atoms with Crippen LogP contribution in [0.1, 0.15) is 11.4 Å². The summed E-state index contributed by atoms with van der Waals surface area (Å²) in [4.78, 5) is 11.6. The number of amides is 1. The van der Waals surface area contributed by atoms with E-state index in [0.717, 1.165) is 0 Å². The van der Waals surface area contributed by atoms with Crippen LogP contribution in [0.2, 0.25) is 0 Å². The number of carbonyl (C=O) groups excluding carboxylic acids is 1. The van der Waals surface area contributed by atoms with Crippen LogP contribution in [0.15, 0.2) is 30.3 Å². The average molecular weight is 691 g/mol. The van der Waals surface area contributed by atoms with E-state index in [0.29, 0.717) is 5.32 Å². The number of carbonyl (C=O) groups is 1. The van der Waals surface area contributed by atoms with E-state index in [1.807, 2.05) is 0 Å². The van der Waals surface area contributed by atoms with Gasteiger partial charge in [0.05, 0.1) is 5.69 Å². The van der Waals surface area contributed by atoms with Gasteiger partial charge in [0, 0.05) is 11.8 Å². The smallest absolute Gasteiger partial charge is 0.321 e. The molecule has 44 heavy (non-hydrogen) atoms. The van der Waals surface area contributed by atoms with Crippen molar-refractivity contribution in [3.05, 3.63) is 41.7 Å². The van der Waals surface area contributed by atoms with Gasteiger partial charge in [-0.15, -0.1) is 0 Å². The molecule has 0 aliphatic heterocycles. The molecule has 0 saturated heterocycles. The molecule has 0 saturated carbocycles. The number of hydrogen-bond acceptors (Lipinski definition) is 2. The van der Waals surface area contributed by atoms with Crippen LogP contribution >= 0.6 is 0 Å². The summed E-state index contributed by atoms with van der Waals surface area (Å²) in [5, 5.41) is 3.17. The van der Waals surface area contributed by atoms with Crippen LogP contribution < -0.4 is 5.32 Å². The van der Waals surface area contributed by atoms with Gasteiger partial charge in [-0.2, -0.15) is 97.3 Å². The number of rotatable bonds is 8. The van der Waals surface area contributed by atoms with E-state index >= 15 is 0 Å². The van der Waals surface area contributed by atoms with Crippen molar-refractivity contribution in [3.63, 3.8) is 0 Å². The van der Waals surface area contributed by atoms with Crippen LogP contribution in [-0.2, 0) is 17.1 Å². The Hall–Kier alpha value is -3.57. The maximum atomic E-state index is 14.0. The lowest BCUT2D eigenvalue weighted by Gasteiger charge is -2.41. The Balaban J connectivity index is 2.46. The molecule has 1 N–H and O–H groups in total. The van der Waals surface area contributed by atoms with Crippen molar-refractivity contribution in [3.8, 4) is 5.69 Å². The first kappa shape index (κ1) is 36.6. The summed E-state index contributed by atoms with van der Waals surface area (Å²) < 4.78 is 276. The van der Waals surface area contributed by atoms with Crippen molar-refractivity contribution in [1.82, 2.24) is 9.78 Å². The van der Waals surface area contributed by atoms with Crippen LogP contribution in [0.3, 0.4) is 0 Å². The highest BCUT2D eigenvalue weighted by Gasteiger charge is 2.94. The summed E-state index contributed by atoms with van der Waals surface area (Å²) in [6, 6.07) is 0.110. The molecule has 0 aliphatic rings. The highest BCUT2D eigenvalue weighted by molar-refractivity contribution is 5.97. The van der Waals surface area contributed by atoms with Gasteiger partial charge in [-0.25, -0.2) is 4.68 Å². The van der Waals surface area contributed by atoms with Gasteiger partial charge in [-0.3, -0.25) is 4.79 Å². The number of aromatic nitrogens is 2.